The molecule has 0 aliphatic carbocycles. The number of hydrogen-bond acceptors (Lipinski definition) is 5. The van der Waals surface area contributed by atoms with Crippen molar-refractivity contribution in [3.05, 3.63) is 52.5 Å². The highest BCUT2D eigenvalue weighted by Crippen LogP contribution is 2.37. The second kappa shape index (κ2) is 9.25. The van der Waals surface area contributed by atoms with Crippen LogP contribution in [0.15, 0.2) is 41.4 Å². The number of hydrogen-bond donors (Lipinski definition) is 0. The van der Waals surface area contributed by atoms with E-state index >= 15 is 0 Å². The van der Waals surface area contributed by atoms with Crippen LogP contribution in [-0.4, -0.2) is 32.5 Å². The van der Waals surface area contributed by atoms with Crippen molar-refractivity contribution in [2.75, 3.05) is 14.2 Å². The van der Waals surface area contributed by atoms with Gasteiger partial charge in [-0.3, -0.25) is 4.99 Å². The van der Waals surface area contributed by atoms with Gasteiger partial charge in [0, 0.05) is 6.21 Å². The van der Waals surface area contributed by atoms with Crippen LogP contribution in [0.4, 0.5) is 5.69 Å². The van der Waals surface area contributed by atoms with Crippen molar-refractivity contribution in [2.24, 2.45) is 4.99 Å². The molecule has 0 aromatic heterocycles. The summed E-state index contributed by atoms with van der Waals surface area (Å²) in [5.41, 5.74) is 1.82. The molecule has 26 heavy (non-hydrogen) atoms. The van der Waals surface area contributed by atoms with Gasteiger partial charge in [0.1, 0.15) is 0 Å². The summed E-state index contributed by atoms with van der Waals surface area (Å²) >= 11 is 6.35. The zero-order valence-electron chi connectivity index (χ0n) is 15.3. The van der Waals surface area contributed by atoms with E-state index < -0.39 is 5.97 Å². The van der Waals surface area contributed by atoms with Crippen molar-refractivity contribution in [3.8, 4) is 11.5 Å². The zero-order chi connectivity index (χ0) is 19.1. The lowest BCUT2D eigenvalue weighted by Gasteiger charge is -2.17. The Morgan fingerprint density at radius 2 is 2.04 bits per heavy atom. The normalized spacial score (nSPS) is 12.0. The summed E-state index contributed by atoms with van der Waals surface area (Å²) in [6, 6.07) is 10.4. The lowest BCUT2D eigenvalue weighted by atomic mass is 10.2. The molecule has 0 saturated heterocycles. The summed E-state index contributed by atoms with van der Waals surface area (Å²) < 4.78 is 15.9. The minimum absolute atomic E-state index is 0.0296. The number of methoxy groups -OCH3 is 2. The Balaban J connectivity index is 2.28. The van der Waals surface area contributed by atoms with Gasteiger partial charge in [-0.05, 0) is 49.2 Å². The Morgan fingerprint density at radius 1 is 1.27 bits per heavy atom. The highest BCUT2D eigenvalue weighted by atomic mass is 35.5. The van der Waals surface area contributed by atoms with E-state index in [0.717, 1.165) is 12.0 Å². The second-order valence-electron chi connectivity index (χ2n) is 5.67. The van der Waals surface area contributed by atoms with Gasteiger partial charge >= 0.3 is 5.97 Å². The molecule has 0 aliphatic heterocycles. The van der Waals surface area contributed by atoms with E-state index in [9.17, 15) is 4.79 Å². The second-order valence-corrected chi connectivity index (χ2v) is 6.08. The number of nitrogens with zero attached hydrogens (tertiary/aromatic N) is 1. The maximum atomic E-state index is 11.6. The first kappa shape index (κ1) is 19.8. The summed E-state index contributed by atoms with van der Waals surface area (Å²) in [6.45, 7) is 4.01. The molecule has 0 N–H and O–H groups in total. The molecule has 0 spiro atoms. The van der Waals surface area contributed by atoms with Crippen molar-refractivity contribution < 1.29 is 19.0 Å². The van der Waals surface area contributed by atoms with Gasteiger partial charge in [-0.25, -0.2) is 4.79 Å². The quantitative estimate of drug-likeness (QED) is 0.501. The monoisotopic (exact) mass is 375 g/mol. The molecular weight excluding hydrogens is 354 g/mol. The highest BCUT2D eigenvalue weighted by Gasteiger charge is 2.14. The molecule has 0 bridgehead atoms. The third kappa shape index (κ3) is 4.99. The topological polar surface area (TPSA) is 57.1 Å². The minimum atomic E-state index is -0.404. The Labute approximate surface area is 158 Å². The summed E-state index contributed by atoms with van der Waals surface area (Å²) in [7, 11) is 2.91. The van der Waals surface area contributed by atoms with Gasteiger partial charge < -0.3 is 14.2 Å². The molecule has 2 aromatic carbocycles. The van der Waals surface area contributed by atoms with E-state index in [4.69, 9.17) is 25.8 Å². The first-order valence-electron chi connectivity index (χ1n) is 8.25. The maximum absolute atomic E-state index is 11.6. The fourth-order valence-corrected chi connectivity index (χ4v) is 2.46. The predicted octanol–water partition coefficient (Wildman–Crippen LogP) is 5.06. The third-order valence-electron chi connectivity index (χ3n) is 3.78. The minimum Gasteiger partial charge on any atom is -0.493 e. The number of halogens is 1. The van der Waals surface area contributed by atoms with Gasteiger partial charge in [-0.1, -0.05) is 24.6 Å². The lowest BCUT2D eigenvalue weighted by molar-refractivity contribution is 0.0601. The van der Waals surface area contributed by atoms with Crippen molar-refractivity contribution in [1.29, 1.82) is 0 Å². The summed E-state index contributed by atoms with van der Waals surface area (Å²) in [5.74, 6) is 0.661. The molecule has 1 atom stereocenters. The standard InChI is InChI=1S/C20H22ClNO4/c1-5-13(2)26-19-17(21)9-14(10-18(19)24-3)12-22-16-8-6-7-15(11-16)20(23)25-4/h6-13H,5H2,1-4H3/t13-/m0/s1. The molecule has 0 radical (unpaired) electrons. The van der Waals surface area contributed by atoms with Crippen molar-refractivity contribution >= 4 is 29.5 Å². The van der Waals surface area contributed by atoms with Gasteiger partial charge in [-0.15, -0.1) is 0 Å². The van der Waals surface area contributed by atoms with E-state index in [1.807, 2.05) is 13.8 Å². The SMILES string of the molecule is CC[C@H](C)Oc1c(Cl)cc(C=Nc2cccc(C(=O)OC)c2)cc1OC. The van der Waals surface area contributed by atoms with E-state index in [-0.39, 0.29) is 6.10 Å². The average molecular weight is 376 g/mol. The highest BCUT2D eigenvalue weighted by molar-refractivity contribution is 6.32. The molecule has 2 aromatic rings. The van der Waals surface area contributed by atoms with E-state index in [1.165, 1.54) is 7.11 Å². The zero-order valence-corrected chi connectivity index (χ0v) is 16.0. The van der Waals surface area contributed by atoms with Crippen molar-refractivity contribution in [3.63, 3.8) is 0 Å². The number of carbonyl (C=O) groups is 1. The van der Waals surface area contributed by atoms with Crippen LogP contribution in [0.2, 0.25) is 5.02 Å². The number of rotatable bonds is 7. The molecule has 0 saturated carbocycles. The Kier molecular flexibility index (Phi) is 7.04. The molecule has 0 unspecified atom stereocenters. The smallest absolute Gasteiger partial charge is 0.337 e. The molecular formula is C20H22ClNO4. The largest absolute Gasteiger partial charge is 0.493 e. The van der Waals surface area contributed by atoms with Crippen LogP contribution in [0, 0.1) is 0 Å². The van der Waals surface area contributed by atoms with Crippen LogP contribution in [-0.2, 0) is 4.74 Å². The molecule has 0 aliphatic rings. The first-order valence-corrected chi connectivity index (χ1v) is 8.62. The molecule has 5 nitrogen and oxygen atoms in total. The number of aliphatic imine (C=N–C) groups is 1. The van der Waals surface area contributed by atoms with Gasteiger partial charge in [0.25, 0.3) is 0 Å². The molecule has 2 rings (SSSR count). The van der Waals surface area contributed by atoms with Crippen molar-refractivity contribution in [2.45, 2.75) is 26.4 Å². The van der Waals surface area contributed by atoms with E-state index in [2.05, 4.69) is 4.99 Å². The van der Waals surface area contributed by atoms with Crippen LogP contribution in [0.1, 0.15) is 36.2 Å². The molecule has 0 amide bonds. The van der Waals surface area contributed by atoms with Crippen LogP contribution >= 0.6 is 11.6 Å². The van der Waals surface area contributed by atoms with Crippen LogP contribution in [0.25, 0.3) is 0 Å². The van der Waals surface area contributed by atoms with Gasteiger partial charge in [0.05, 0.1) is 36.6 Å². The number of carbonyl (C=O) groups excluding carboxylic acids is 1. The molecule has 138 valence electrons. The third-order valence-corrected chi connectivity index (χ3v) is 4.06. The van der Waals surface area contributed by atoms with Gasteiger partial charge in [0.2, 0.25) is 0 Å². The van der Waals surface area contributed by atoms with Gasteiger partial charge in [0.15, 0.2) is 11.5 Å². The summed E-state index contributed by atoms with van der Waals surface area (Å²) in [6.07, 6.45) is 2.54. The van der Waals surface area contributed by atoms with E-state index in [0.29, 0.717) is 27.8 Å². The number of benzene rings is 2. The van der Waals surface area contributed by atoms with Crippen LogP contribution in [0.5, 0.6) is 11.5 Å². The number of ether oxygens (including phenoxy) is 3. The average Bonchev–Trinajstić information content (AvgIpc) is 2.67. The maximum Gasteiger partial charge on any atom is 0.337 e. The van der Waals surface area contributed by atoms with E-state index in [1.54, 1.807) is 49.7 Å². The molecule has 6 heteroatoms. The van der Waals surface area contributed by atoms with Crippen LogP contribution in [0.3, 0.4) is 0 Å². The Hall–Kier alpha value is -2.53. The van der Waals surface area contributed by atoms with Gasteiger partial charge in [-0.2, -0.15) is 0 Å². The Morgan fingerprint density at radius 3 is 2.69 bits per heavy atom. The molecule has 0 heterocycles. The Bertz CT molecular complexity index is 804. The van der Waals surface area contributed by atoms with Crippen molar-refractivity contribution in [1.82, 2.24) is 0 Å². The lowest BCUT2D eigenvalue weighted by Crippen LogP contribution is -2.11. The number of esters is 1. The first-order chi connectivity index (χ1) is 12.5. The predicted molar refractivity (Wildman–Crippen MR) is 103 cm³/mol. The molecule has 0 fully saturated rings. The fraction of sp³-hybridized carbons (Fsp3) is 0.300. The fourth-order valence-electron chi connectivity index (χ4n) is 2.19. The van der Waals surface area contributed by atoms with Crippen LogP contribution < -0.4 is 9.47 Å². The summed E-state index contributed by atoms with van der Waals surface area (Å²) in [5, 5.41) is 0.453. The summed E-state index contributed by atoms with van der Waals surface area (Å²) in [4.78, 5) is 16.0.